The molecule has 6 unspecified atom stereocenters. The highest BCUT2D eigenvalue weighted by atomic mass is 16.7. The van der Waals surface area contributed by atoms with Crippen LogP contribution in [0.25, 0.3) is 0 Å². The van der Waals surface area contributed by atoms with Crippen molar-refractivity contribution in [1.82, 2.24) is 0 Å². The van der Waals surface area contributed by atoms with Crippen LogP contribution >= 0.6 is 0 Å². The van der Waals surface area contributed by atoms with Gasteiger partial charge in [-0.2, -0.15) is 0 Å². The third-order valence-electron chi connectivity index (χ3n) is 5.49. The van der Waals surface area contributed by atoms with Crippen LogP contribution in [0.1, 0.15) is 78.1 Å². The number of aliphatic hydroxyl groups is 4. The van der Waals surface area contributed by atoms with Gasteiger partial charge in [0.05, 0.1) is 13.2 Å². The van der Waals surface area contributed by atoms with Gasteiger partial charge in [-0.05, 0) is 12.8 Å². The summed E-state index contributed by atoms with van der Waals surface area (Å²) < 4.78 is 21.4. The number of esters is 2. The van der Waals surface area contributed by atoms with E-state index >= 15 is 0 Å². The molecule has 0 radical (unpaired) electrons. The zero-order valence-corrected chi connectivity index (χ0v) is 19.9. The average molecular weight is 479 g/mol. The molecule has 1 saturated heterocycles. The molecule has 0 amide bonds. The standard InChI is InChI=1S/C23H42O10/c1-3-5-7-9-11-18(25)30-14-16(32-19(26)12-10-8-6-4-2)15-31-23-22(29)21(28)20(27)17(13-24)33-23/h16-17,20-24,27-29H,3-15H2,1-2H3. The van der Waals surface area contributed by atoms with Gasteiger partial charge in [-0.25, -0.2) is 0 Å². The van der Waals surface area contributed by atoms with Gasteiger partial charge >= 0.3 is 11.9 Å². The minimum atomic E-state index is -1.58. The summed E-state index contributed by atoms with van der Waals surface area (Å²) in [6, 6.07) is 0. The van der Waals surface area contributed by atoms with Gasteiger partial charge in [0.25, 0.3) is 0 Å². The van der Waals surface area contributed by atoms with Crippen molar-refractivity contribution in [3.05, 3.63) is 0 Å². The molecule has 194 valence electrons. The highest BCUT2D eigenvalue weighted by molar-refractivity contribution is 5.70. The summed E-state index contributed by atoms with van der Waals surface area (Å²) in [6.07, 6.45) is -0.185. The number of ether oxygens (including phenoxy) is 4. The van der Waals surface area contributed by atoms with E-state index in [0.717, 1.165) is 44.9 Å². The van der Waals surface area contributed by atoms with Gasteiger partial charge in [0.2, 0.25) is 0 Å². The summed E-state index contributed by atoms with van der Waals surface area (Å²) in [5, 5.41) is 39.2. The van der Waals surface area contributed by atoms with Gasteiger partial charge in [0.1, 0.15) is 31.0 Å². The Morgan fingerprint density at radius 2 is 1.42 bits per heavy atom. The topological polar surface area (TPSA) is 152 Å². The maximum Gasteiger partial charge on any atom is 0.306 e. The zero-order chi connectivity index (χ0) is 24.6. The number of carbonyl (C=O) groups excluding carboxylic acids is 2. The summed E-state index contributed by atoms with van der Waals surface area (Å²) in [5.41, 5.74) is 0. The van der Waals surface area contributed by atoms with E-state index in [1.165, 1.54) is 0 Å². The molecule has 10 nitrogen and oxygen atoms in total. The maximum absolute atomic E-state index is 12.2. The Balaban J connectivity index is 2.60. The van der Waals surface area contributed by atoms with Crippen LogP contribution in [0.2, 0.25) is 0 Å². The fraction of sp³-hybridized carbons (Fsp3) is 0.913. The molecule has 0 saturated carbocycles. The molecular weight excluding hydrogens is 436 g/mol. The molecule has 6 atom stereocenters. The third-order valence-corrected chi connectivity index (χ3v) is 5.49. The highest BCUT2D eigenvalue weighted by Gasteiger charge is 2.44. The number of unbranched alkanes of at least 4 members (excludes halogenated alkanes) is 6. The molecule has 0 aliphatic carbocycles. The van der Waals surface area contributed by atoms with Crippen LogP contribution in [-0.4, -0.2) is 89.0 Å². The Bertz CT molecular complexity index is 541. The lowest BCUT2D eigenvalue weighted by Gasteiger charge is -2.39. The van der Waals surface area contributed by atoms with E-state index in [1.807, 2.05) is 0 Å². The first-order valence-corrected chi connectivity index (χ1v) is 12.1. The van der Waals surface area contributed by atoms with Gasteiger partial charge in [-0.15, -0.1) is 0 Å². The van der Waals surface area contributed by atoms with Crippen molar-refractivity contribution in [1.29, 1.82) is 0 Å². The SMILES string of the molecule is CCCCCCC(=O)OCC(COC1OC(CO)C(O)C(O)C1O)OC(=O)CCCCCC. The molecule has 1 aliphatic heterocycles. The number of aliphatic hydroxyl groups excluding tert-OH is 4. The van der Waals surface area contributed by atoms with Crippen LogP contribution in [-0.2, 0) is 28.5 Å². The molecule has 0 spiro atoms. The fourth-order valence-electron chi connectivity index (χ4n) is 3.42. The minimum Gasteiger partial charge on any atom is -0.462 e. The van der Waals surface area contributed by atoms with Crippen LogP contribution in [0, 0.1) is 0 Å². The third kappa shape index (κ3) is 11.6. The van der Waals surface area contributed by atoms with Crippen LogP contribution in [0.4, 0.5) is 0 Å². The first-order valence-electron chi connectivity index (χ1n) is 12.1. The largest absolute Gasteiger partial charge is 0.462 e. The zero-order valence-electron chi connectivity index (χ0n) is 19.9. The quantitative estimate of drug-likeness (QED) is 0.177. The minimum absolute atomic E-state index is 0.218. The molecular formula is C23H42O10. The van der Waals surface area contributed by atoms with Crippen molar-refractivity contribution in [3.63, 3.8) is 0 Å². The predicted octanol–water partition coefficient (Wildman–Crippen LogP) is 1.20. The summed E-state index contributed by atoms with van der Waals surface area (Å²) in [6.45, 7) is 3.07. The Morgan fingerprint density at radius 3 is 2.00 bits per heavy atom. The molecule has 1 rings (SSSR count). The molecule has 0 aromatic rings. The predicted molar refractivity (Wildman–Crippen MR) is 118 cm³/mol. The van der Waals surface area contributed by atoms with Gasteiger partial charge in [-0.3, -0.25) is 9.59 Å². The Kier molecular flexibility index (Phi) is 15.5. The Labute approximate surface area is 196 Å². The first-order chi connectivity index (χ1) is 15.8. The van der Waals surface area contributed by atoms with Crippen molar-refractivity contribution in [2.24, 2.45) is 0 Å². The molecule has 33 heavy (non-hydrogen) atoms. The van der Waals surface area contributed by atoms with Crippen LogP contribution in [0.3, 0.4) is 0 Å². The molecule has 1 heterocycles. The molecule has 4 N–H and O–H groups in total. The summed E-state index contributed by atoms with van der Waals surface area (Å²) in [5.74, 6) is -0.851. The molecule has 0 bridgehead atoms. The molecule has 1 fully saturated rings. The lowest BCUT2D eigenvalue weighted by molar-refractivity contribution is -0.305. The lowest BCUT2D eigenvalue weighted by atomic mass is 9.99. The van der Waals surface area contributed by atoms with E-state index in [2.05, 4.69) is 13.8 Å². The fourth-order valence-corrected chi connectivity index (χ4v) is 3.42. The number of rotatable bonds is 17. The summed E-state index contributed by atoms with van der Waals surface area (Å²) in [7, 11) is 0. The number of hydrogen-bond acceptors (Lipinski definition) is 10. The highest BCUT2D eigenvalue weighted by Crippen LogP contribution is 2.22. The number of hydrogen-bond donors (Lipinski definition) is 4. The van der Waals surface area contributed by atoms with E-state index in [1.54, 1.807) is 0 Å². The molecule has 0 aromatic heterocycles. The van der Waals surface area contributed by atoms with Crippen LogP contribution in [0.15, 0.2) is 0 Å². The van der Waals surface area contributed by atoms with Crippen molar-refractivity contribution in [2.45, 2.75) is 115 Å². The second-order valence-electron chi connectivity index (χ2n) is 8.45. The van der Waals surface area contributed by atoms with Crippen LogP contribution in [0.5, 0.6) is 0 Å². The van der Waals surface area contributed by atoms with Gasteiger partial charge in [0, 0.05) is 12.8 Å². The summed E-state index contributed by atoms with van der Waals surface area (Å²) in [4.78, 5) is 24.2. The smallest absolute Gasteiger partial charge is 0.306 e. The van der Waals surface area contributed by atoms with Crippen LogP contribution < -0.4 is 0 Å². The molecule has 10 heteroatoms. The maximum atomic E-state index is 12.2. The van der Waals surface area contributed by atoms with Gasteiger partial charge in [-0.1, -0.05) is 52.4 Å². The Morgan fingerprint density at radius 1 is 0.818 bits per heavy atom. The first kappa shape index (κ1) is 29.7. The van der Waals surface area contributed by atoms with Gasteiger partial charge in [0.15, 0.2) is 12.4 Å². The van der Waals surface area contributed by atoms with Crippen molar-refractivity contribution in [2.75, 3.05) is 19.8 Å². The van der Waals surface area contributed by atoms with Crippen molar-refractivity contribution in [3.8, 4) is 0 Å². The number of carbonyl (C=O) groups is 2. The van der Waals surface area contributed by atoms with E-state index < -0.39 is 55.4 Å². The lowest BCUT2D eigenvalue weighted by Crippen LogP contribution is -2.59. The van der Waals surface area contributed by atoms with E-state index in [9.17, 15) is 30.0 Å². The molecule has 0 aromatic carbocycles. The average Bonchev–Trinajstić information content (AvgIpc) is 2.80. The van der Waals surface area contributed by atoms with E-state index in [-0.39, 0.29) is 26.1 Å². The summed E-state index contributed by atoms with van der Waals surface area (Å²) >= 11 is 0. The van der Waals surface area contributed by atoms with Gasteiger partial charge < -0.3 is 39.4 Å². The van der Waals surface area contributed by atoms with Crippen molar-refractivity contribution < 1.29 is 49.0 Å². The second kappa shape index (κ2) is 17.2. The molecule has 1 aliphatic rings. The monoisotopic (exact) mass is 478 g/mol. The second-order valence-corrected chi connectivity index (χ2v) is 8.45. The normalized spacial score (nSPS) is 26.1. The van der Waals surface area contributed by atoms with E-state index in [4.69, 9.17) is 18.9 Å². The van der Waals surface area contributed by atoms with E-state index in [0.29, 0.717) is 6.42 Å². The van der Waals surface area contributed by atoms with Crippen molar-refractivity contribution >= 4 is 11.9 Å². The Hall–Kier alpha value is -1.30.